The number of hydrogen-bond acceptors (Lipinski definition) is 2. The molecule has 4 heteroatoms. The minimum absolute atomic E-state index is 0.116. The van der Waals surface area contributed by atoms with Gasteiger partial charge in [-0.15, -0.1) is 0 Å². The minimum Gasteiger partial charge on any atom is -0.389 e. The first kappa shape index (κ1) is 14.4. The maximum absolute atomic E-state index is 13.0. The Morgan fingerprint density at radius 3 is 2.35 bits per heavy atom. The third-order valence-electron chi connectivity index (χ3n) is 3.25. The Morgan fingerprint density at radius 1 is 1.29 bits per heavy atom. The molecule has 0 fully saturated rings. The molecule has 2 N–H and O–H groups in total. The van der Waals surface area contributed by atoms with Crippen molar-refractivity contribution in [2.75, 3.05) is 0 Å². The second kappa shape index (κ2) is 4.92. The van der Waals surface area contributed by atoms with Gasteiger partial charge in [0.25, 0.3) is 0 Å². The smallest absolute Gasteiger partial charge is 0.141 e. The van der Waals surface area contributed by atoms with Crippen molar-refractivity contribution in [2.24, 2.45) is 0 Å². The van der Waals surface area contributed by atoms with Crippen LogP contribution in [0, 0.1) is 5.82 Å². The van der Waals surface area contributed by atoms with Gasteiger partial charge in [0.15, 0.2) is 0 Å². The maximum Gasteiger partial charge on any atom is 0.141 e. The van der Waals surface area contributed by atoms with Crippen LogP contribution in [-0.2, 0) is 6.54 Å². The molecule has 0 aliphatic carbocycles. The van der Waals surface area contributed by atoms with Gasteiger partial charge in [-0.3, -0.25) is 0 Å². The molecule has 0 unspecified atom stereocenters. The van der Waals surface area contributed by atoms with Crippen molar-refractivity contribution < 1.29 is 9.50 Å². The molecule has 0 radical (unpaired) electrons. The Labute approximate surface area is 107 Å². The van der Waals surface area contributed by atoms with E-state index >= 15 is 0 Å². The first-order valence-corrected chi connectivity index (χ1v) is 5.92. The molecule has 1 aromatic carbocycles. The van der Waals surface area contributed by atoms with E-state index in [-0.39, 0.29) is 5.02 Å². The quantitative estimate of drug-likeness (QED) is 0.871. The number of aliphatic hydroxyl groups is 1. The third kappa shape index (κ3) is 3.66. The first-order chi connectivity index (χ1) is 7.63. The fraction of sp³-hybridized carbons (Fsp3) is 0.538. The lowest BCUT2D eigenvalue weighted by Gasteiger charge is -2.38. The molecule has 0 spiro atoms. The molecule has 0 amide bonds. The third-order valence-corrected chi connectivity index (χ3v) is 3.54. The summed E-state index contributed by atoms with van der Waals surface area (Å²) in [6.07, 6.45) is 0. The summed E-state index contributed by atoms with van der Waals surface area (Å²) in [6, 6.07) is 4.61. The van der Waals surface area contributed by atoms with E-state index in [0.717, 1.165) is 5.56 Å². The van der Waals surface area contributed by atoms with Crippen LogP contribution in [0.5, 0.6) is 0 Å². The van der Waals surface area contributed by atoms with Crippen molar-refractivity contribution in [2.45, 2.75) is 45.4 Å². The highest BCUT2D eigenvalue weighted by atomic mass is 35.5. The molecule has 0 aromatic heterocycles. The highest BCUT2D eigenvalue weighted by molar-refractivity contribution is 6.30. The lowest BCUT2D eigenvalue weighted by molar-refractivity contribution is -0.00532. The standard InChI is InChI=1S/C13H19ClFNO/c1-12(2,13(3,4)17)16-8-9-5-6-11(15)10(14)7-9/h5-7,16-17H,8H2,1-4H3. The van der Waals surface area contributed by atoms with Crippen LogP contribution in [0.15, 0.2) is 18.2 Å². The molecule has 0 saturated heterocycles. The number of hydrogen-bond donors (Lipinski definition) is 2. The second-order valence-corrected chi connectivity index (χ2v) is 5.69. The fourth-order valence-corrected chi connectivity index (χ4v) is 1.39. The molecular weight excluding hydrogens is 241 g/mol. The Morgan fingerprint density at radius 2 is 1.88 bits per heavy atom. The van der Waals surface area contributed by atoms with Gasteiger partial charge in [-0.2, -0.15) is 0 Å². The summed E-state index contributed by atoms with van der Waals surface area (Å²) in [4.78, 5) is 0. The van der Waals surface area contributed by atoms with Crippen molar-refractivity contribution in [3.05, 3.63) is 34.6 Å². The highest BCUT2D eigenvalue weighted by Gasteiger charge is 2.34. The van der Waals surface area contributed by atoms with Crippen LogP contribution in [0.4, 0.5) is 4.39 Å². The van der Waals surface area contributed by atoms with E-state index in [1.54, 1.807) is 26.0 Å². The topological polar surface area (TPSA) is 32.3 Å². The van der Waals surface area contributed by atoms with E-state index in [1.807, 2.05) is 13.8 Å². The largest absolute Gasteiger partial charge is 0.389 e. The molecule has 0 aliphatic rings. The molecule has 1 rings (SSSR count). The molecule has 96 valence electrons. The summed E-state index contributed by atoms with van der Waals surface area (Å²) in [7, 11) is 0. The Balaban J connectivity index is 2.71. The van der Waals surface area contributed by atoms with Crippen LogP contribution in [0.3, 0.4) is 0 Å². The van der Waals surface area contributed by atoms with Crippen molar-refractivity contribution in [1.29, 1.82) is 0 Å². The molecular formula is C13H19ClFNO. The predicted molar refractivity (Wildman–Crippen MR) is 68.6 cm³/mol. The van der Waals surface area contributed by atoms with Crippen LogP contribution in [0.25, 0.3) is 0 Å². The summed E-state index contributed by atoms with van der Waals surface area (Å²) in [5.74, 6) is -0.419. The van der Waals surface area contributed by atoms with Gasteiger partial charge in [-0.1, -0.05) is 17.7 Å². The van der Waals surface area contributed by atoms with E-state index in [4.69, 9.17) is 11.6 Å². The van der Waals surface area contributed by atoms with Crippen LogP contribution in [0.2, 0.25) is 5.02 Å². The summed E-state index contributed by atoms with van der Waals surface area (Å²) >= 11 is 5.70. The van der Waals surface area contributed by atoms with Gasteiger partial charge in [0.05, 0.1) is 10.6 Å². The van der Waals surface area contributed by atoms with Gasteiger partial charge in [-0.05, 0) is 45.4 Å². The Hall–Kier alpha value is -0.640. The number of nitrogens with one attached hydrogen (secondary N) is 1. The zero-order valence-corrected chi connectivity index (χ0v) is 11.4. The first-order valence-electron chi connectivity index (χ1n) is 5.55. The summed E-state index contributed by atoms with van der Waals surface area (Å²) in [5, 5.41) is 13.3. The van der Waals surface area contributed by atoms with Crippen molar-refractivity contribution >= 4 is 11.6 Å². The zero-order valence-electron chi connectivity index (χ0n) is 10.6. The molecule has 1 aromatic rings. The average Bonchev–Trinajstić information content (AvgIpc) is 2.18. The molecule has 0 bridgehead atoms. The summed E-state index contributed by atoms with van der Waals surface area (Å²) in [6.45, 7) is 7.85. The predicted octanol–water partition coefficient (Wildman–Crippen LogP) is 3.12. The SMILES string of the molecule is CC(C)(O)C(C)(C)NCc1ccc(F)c(Cl)c1. The van der Waals surface area contributed by atoms with Gasteiger partial charge in [0.2, 0.25) is 0 Å². The lowest BCUT2D eigenvalue weighted by Crippen LogP contribution is -2.55. The number of benzene rings is 1. The lowest BCUT2D eigenvalue weighted by atomic mass is 9.86. The Kier molecular flexibility index (Phi) is 4.18. The maximum atomic E-state index is 13.0. The number of rotatable bonds is 4. The van der Waals surface area contributed by atoms with Gasteiger partial charge < -0.3 is 10.4 Å². The molecule has 0 atom stereocenters. The molecule has 0 aliphatic heterocycles. The van der Waals surface area contributed by atoms with Gasteiger partial charge in [0.1, 0.15) is 5.82 Å². The molecule has 0 heterocycles. The number of halogens is 2. The van der Waals surface area contributed by atoms with Crippen LogP contribution >= 0.6 is 11.6 Å². The van der Waals surface area contributed by atoms with E-state index in [0.29, 0.717) is 6.54 Å². The van der Waals surface area contributed by atoms with E-state index in [9.17, 15) is 9.50 Å². The highest BCUT2D eigenvalue weighted by Crippen LogP contribution is 2.22. The van der Waals surface area contributed by atoms with E-state index in [1.165, 1.54) is 6.07 Å². The summed E-state index contributed by atoms with van der Waals surface area (Å²) < 4.78 is 13.0. The van der Waals surface area contributed by atoms with Crippen LogP contribution < -0.4 is 5.32 Å². The average molecular weight is 260 g/mol. The Bertz CT molecular complexity index is 399. The fourth-order valence-electron chi connectivity index (χ4n) is 1.19. The van der Waals surface area contributed by atoms with Gasteiger partial charge in [0, 0.05) is 12.1 Å². The second-order valence-electron chi connectivity index (χ2n) is 5.29. The van der Waals surface area contributed by atoms with Crippen molar-refractivity contribution in [1.82, 2.24) is 5.32 Å². The minimum atomic E-state index is -0.850. The van der Waals surface area contributed by atoms with E-state index in [2.05, 4.69) is 5.32 Å². The van der Waals surface area contributed by atoms with Crippen LogP contribution in [0.1, 0.15) is 33.3 Å². The normalized spacial score (nSPS) is 12.9. The van der Waals surface area contributed by atoms with E-state index < -0.39 is 17.0 Å². The molecule has 2 nitrogen and oxygen atoms in total. The zero-order chi connectivity index (χ0) is 13.3. The molecule has 0 saturated carbocycles. The molecule has 17 heavy (non-hydrogen) atoms. The van der Waals surface area contributed by atoms with Crippen LogP contribution in [-0.4, -0.2) is 16.2 Å². The van der Waals surface area contributed by atoms with Crippen molar-refractivity contribution in [3.8, 4) is 0 Å². The van der Waals surface area contributed by atoms with Crippen molar-refractivity contribution in [3.63, 3.8) is 0 Å². The van der Waals surface area contributed by atoms with Gasteiger partial charge in [-0.25, -0.2) is 4.39 Å². The van der Waals surface area contributed by atoms with Gasteiger partial charge >= 0.3 is 0 Å². The monoisotopic (exact) mass is 259 g/mol. The summed E-state index contributed by atoms with van der Waals surface area (Å²) in [5.41, 5.74) is -0.418.